The van der Waals surface area contributed by atoms with Gasteiger partial charge in [0.1, 0.15) is 0 Å². The van der Waals surface area contributed by atoms with E-state index in [9.17, 15) is 4.79 Å². The monoisotopic (exact) mass is 295 g/mol. The molecule has 1 aliphatic heterocycles. The van der Waals surface area contributed by atoms with Gasteiger partial charge in [-0.1, -0.05) is 71.6 Å². The Morgan fingerprint density at radius 3 is 1.81 bits per heavy atom. The maximum atomic E-state index is 12.7. The first-order chi connectivity index (χ1) is 10.3. The minimum atomic E-state index is 0.321. The second-order valence-electron chi connectivity index (χ2n) is 6.78. The van der Waals surface area contributed by atoms with Crippen molar-refractivity contribution in [1.82, 2.24) is 4.90 Å². The smallest absolute Gasteiger partial charge is 0.225 e. The van der Waals surface area contributed by atoms with Crippen molar-refractivity contribution in [3.05, 3.63) is 0 Å². The molecule has 21 heavy (non-hydrogen) atoms. The summed E-state index contributed by atoms with van der Waals surface area (Å²) < 4.78 is 0. The van der Waals surface area contributed by atoms with Gasteiger partial charge in [0.05, 0.1) is 0 Å². The second-order valence-corrected chi connectivity index (χ2v) is 6.78. The van der Waals surface area contributed by atoms with E-state index in [2.05, 4.69) is 18.7 Å². The minimum absolute atomic E-state index is 0.321. The molecule has 2 heteroatoms. The molecule has 1 unspecified atom stereocenters. The average Bonchev–Trinajstić information content (AvgIpc) is 3.03. The van der Waals surface area contributed by atoms with Crippen LogP contribution in [0.2, 0.25) is 0 Å². The van der Waals surface area contributed by atoms with Crippen molar-refractivity contribution in [3.63, 3.8) is 0 Å². The van der Waals surface area contributed by atoms with Gasteiger partial charge in [0, 0.05) is 19.0 Å². The van der Waals surface area contributed by atoms with Crippen molar-refractivity contribution in [1.29, 1.82) is 0 Å². The quantitative estimate of drug-likeness (QED) is 0.432. The zero-order chi connectivity index (χ0) is 15.3. The van der Waals surface area contributed by atoms with Gasteiger partial charge in [-0.15, -0.1) is 0 Å². The van der Waals surface area contributed by atoms with Gasteiger partial charge in [0.25, 0.3) is 0 Å². The summed E-state index contributed by atoms with van der Waals surface area (Å²) in [6.07, 6.45) is 16.4. The maximum Gasteiger partial charge on any atom is 0.225 e. The molecule has 1 atom stereocenters. The highest BCUT2D eigenvalue weighted by molar-refractivity contribution is 5.79. The molecule has 0 bridgehead atoms. The van der Waals surface area contributed by atoms with Crippen LogP contribution < -0.4 is 0 Å². The second kappa shape index (κ2) is 12.1. The van der Waals surface area contributed by atoms with Crippen molar-refractivity contribution < 1.29 is 4.79 Å². The first kappa shape index (κ1) is 18.5. The van der Waals surface area contributed by atoms with E-state index >= 15 is 0 Å². The van der Waals surface area contributed by atoms with Crippen molar-refractivity contribution in [2.45, 2.75) is 97.3 Å². The molecule has 0 saturated carbocycles. The van der Waals surface area contributed by atoms with Crippen molar-refractivity contribution in [2.24, 2.45) is 5.92 Å². The normalized spacial score (nSPS) is 16.4. The van der Waals surface area contributed by atoms with E-state index < -0.39 is 0 Å². The predicted octanol–water partition coefficient (Wildman–Crippen LogP) is 5.56. The van der Waals surface area contributed by atoms with Crippen LogP contribution in [0.1, 0.15) is 97.3 Å². The summed E-state index contributed by atoms with van der Waals surface area (Å²) in [6.45, 7) is 6.54. The van der Waals surface area contributed by atoms with Crippen LogP contribution in [0.4, 0.5) is 0 Å². The number of nitrogens with zero attached hydrogens (tertiary/aromatic N) is 1. The Balaban J connectivity index is 2.31. The number of hydrogen-bond donors (Lipinski definition) is 0. The van der Waals surface area contributed by atoms with Gasteiger partial charge in [-0.25, -0.2) is 0 Å². The van der Waals surface area contributed by atoms with E-state index in [1.165, 1.54) is 70.6 Å². The van der Waals surface area contributed by atoms with Gasteiger partial charge >= 0.3 is 0 Å². The molecule has 1 saturated heterocycles. The lowest BCUT2D eigenvalue weighted by molar-refractivity contribution is -0.135. The Bertz CT molecular complexity index is 258. The van der Waals surface area contributed by atoms with Crippen LogP contribution in [0.3, 0.4) is 0 Å². The van der Waals surface area contributed by atoms with Gasteiger partial charge in [0.15, 0.2) is 0 Å². The molecule has 1 aliphatic rings. The number of hydrogen-bond acceptors (Lipinski definition) is 1. The Morgan fingerprint density at radius 2 is 1.29 bits per heavy atom. The van der Waals surface area contributed by atoms with Crippen molar-refractivity contribution in [3.8, 4) is 0 Å². The van der Waals surface area contributed by atoms with Crippen LogP contribution in [0.15, 0.2) is 0 Å². The third-order valence-electron chi connectivity index (χ3n) is 4.83. The highest BCUT2D eigenvalue weighted by atomic mass is 16.2. The lowest BCUT2D eigenvalue weighted by atomic mass is 9.93. The molecule has 0 radical (unpaired) electrons. The van der Waals surface area contributed by atoms with Gasteiger partial charge in [0.2, 0.25) is 5.91 Å². The largest absolute Gasteiger partial charge is 0.342 e. The molecule has 0 aliphatic carbocycles. The summed E-state index contributed by atoms with van der Waals surface area (Å²) in [5.41, 5.74) is 0. The molecule has 0 spiro atoms. The molecule has 1 amide bonds. The Morgan fingerprint density at radius 1 is 0.810 bits per heavy atom. The van der Waals surface area contributed by atoms with E-state index in [1.807, 2.05) is 0 Å². The van der Waals surface area contributed by atoms with E-state index in [-0.39, 0.29) is 0 Å². The summed E-state index contributed by atoms with van der Waals surface area (Å²) in [5.74, 6) is 0.793. The molecule has 2 nitrogen and oxygen atoms in total. The highest BCUT2D eigenvalue weighted by Crippen LogP contribution is 2.23. The lowest BCUT2D eigenvalue weighted by Crippen LogP contribution is -2.33. The van der Waals surface area contributed by atoms with Gasteiger partial charge in [-0.3, -0.25) is 4.79 Å². The molecule has 1 rings (SSSR count). The zero-order valence-electron chi connectivity index (χ0n) is 14.5. The van der Waals surface area contributed by atoms with Crippen LogP contribution >= 0.6 is 0 Å². The van der Waals surface area contributed by atoms with Crippen LogP contribution in [-0.4, -0.2) is 23.9 Å². The molecule has 0 aromatic heterocycles. The molecule has 124 valence electrons. The van der Waals surface area contributed by atoms with Crippen LogP contribution in [0.5, 0.6) is 0 Å². The Hall–Kier alpha value is -0.530. The average molecular weight is 296 g/mol. The summed E-state index contributed by atoms with van der Waals surface area (Å²) in [6, 6.07) is 0. The predicted molar refractivity (Wildman–Crippen MR) is 91.4 cm³/mol. The first-order valence-electron chi connectivity index (χ1n) is 9.58. The Labute approximate surface area is 132 Å². The lowest BCUT2D eigenvalue weighted by Gasteiger charge is -2.23. The summed E-state index contributed by atoms with van der Waals surface area (Å²) in [7, 11) is 0. The van der Waals surface area contributed by atoms with Gasteiger partial charge < -0.3 is 4.90 Å². The standard InChI is InChI=1S/C19H37NO/c1-3-5-7-9-11-15-18(14-10-8-6-4-2)19(21)20-16-12-13-17-20/h18H,3-17H2,1-2H3. The number of carbonyl (C=O) groups is 1. The third-order valence-corrected chi connectivity index (χ3v) is 4.83. The van der Waals surface area contributed by atoms with Crippen LogP contribution in [0, 0.1) is 5.92 Å². The summed E-state index contributed by atoms with van der Waals surface area (Å²) >= 11 is 0. The van der Waals surface area contributed by atoms with Crippen LogP contribution in [0.25, 0.3) is 0 Å². The molecule has 0 aromatic carbocycles. The number of rotatable bonds is 12. The fourth-order valence-electron chi connectivity index (χ4n) is 3.40. The number of likely N-dealkylation sites (tertiary alicyclic amines) is 1. The highest BCUT2D eigenvalue weighted by Gasteiger charge is 2.25. The summed E-state index contributed by atoms with van der Waals surface area (Å²) in [5, 5.41) is 0. The fraction of sp³-hybridized carbons (Fsp3) is 0.947. The first-order valence-corrected chi connectivity index (χ1v) is 9.58. The maximum absolute atomic E-state index is 12.7. The topological polar surface area (TPSA) is 20.3 Å². The SMILES string of the molecule is CCCCCCCC(CCCCCC)C(=O)N1CCCC1. The number of unbranched alkanes of at least 4 members (excludes halogenated alkanes) is 7. The van der Waals surface area contributed by atoms with E-state index in [0.29, 0.717) is 11.8 Å². The molecular formula is C19H37NO. The fourth-order valence-corrected chi connectivity index (χ4v) is 3.40. The van der Waals surface area contributed by atoms with E-state index in [0.717, 1.165) is 25.9 Å². The molecule has 1 heterocycles. The third kappa shape index (κ3) is 7.87. The Kier molecular flexibility index (Phi) is 10.6. The van der Waals surface area contributed by atoms with Crippen molar-refractivity contribution in [2.75, 3.05) is 13.1 Å². The molecule has 0 N–H and O–H groups in total. The minimum Gasteiger partial charge on any atom is -0.342 e. The van der Waals surface area contributed by atoms with Crippen molar-refractivity contribution >= 4 is 5.91 Å². The van der Waals surface area contributed by atoms with Gasteiger partial charge in [-0.05, 0) is 25.7 Å². The number of amides is 1. The van der Waals surface area contributed by atoms with E-state index in [4.69, 9.17) is 0 Å². The summed E-state index contributed by atoms with van der Waals surface area (Å²) in [4.78, 5) is 14.8. The van der Waals surface area contributed by atoms with Gasteiger partial charge in [-0.2, -0.15) is 0 Å². The zero-order valence-corrected chi connectivity index (χ0v) is 14.5. The van der Waals surface area contributed by atoms with Crippen LogP contribution in [-0.2, 0) is 4.79 Å². The van der Waals surface area contributed by atoms with E-state index in [1.54, 1.807) is 0 Å². The molecule has 0 aromatic rings. The molecular weight excluding hydrogens is 258 g/mol. The number of carbonyl (C=O) groups excluding carboxylic acids is 1. The molecule has 1 fully saturated rings.